The fraction of sp³-hybridized carbons (Fsp3) is 0. The number of rotatable bonds is 2. The SMILES string of the molecule is Nc1ccc(-c2c3ccccc3c(-c3cccc(N)c3)c3ccccc23)cc1. The average Bonchev–Trinajstić information content (AvgIpc) is 2.73. The molecule has 2 nitrogen and oxygen atoms in total. The van der Waals surface area contributed by atoms with E-state index in [9.17, 15) is 0 Å². The number of fused-ring (bicyclic) bond motifs is 2. The lowest BCUT2D eigenvalue weighted by atomic mass is 9.86. The van der Waals surface area contributed by atoms with Gasteiger partial charge in [-0.1, -0.05) is 72.8 Å². The van der Waals surface area contributed by atoms with Gasteiger partial charge in [-0.2, -0.15) is 0 Å². The Bertz CT molecular complexity index is 1260. The Hall–Kier alpha value is -3.78. The molecule has 0 aliphatic rings. The lowest BCUT2D eigenvalue weighted by molar-refractivity contribution is 1.64. The van der Waals surface area contributed by atoms with Crippen LogP contribution in [0.4, 0.5) is 11.4 Å². The van der Waals surface area contributed by atoms with Gasteiger partial charge in [0.15, 0.2) is 0 Å². The van der Waals surface area contributed by atoms with Crippen LogP contribution in [0.25, 0.3) is 43.8 Å². The molecule has 0 spiro atoms. The quantitative estimate of drug-likeness (QED) is 0.279. The van der Waals surface area contributed by atoms with Crippen molar-refractivity contribution in [3.63, 3.8) is 0 Å². The van der Waals surface area contributed by atoms with Gasteiger partial charge in [0, 0.05) is 11.4 Å². The number of hydrogen-bond donors (Lipinski definition) is 2. The Morgan fingerprint density at radius 1 is 0.393 bits per heavy atom. The number of nitrogen functional groups attached to an aromatic ring is 2. The van der Waals surface area contributed by atoms with Crippen LogP contribution in [-0.2, 0) is 0 Å². The molecule has 0 aromatic heterocycles. The third-order valence-corrected chi connectivity index (χ3v) is 5.31. The molecule has 0 amide bonds. The monoisotopic (exact) mass is 360 g/mol. The molecule has 0 aliphatic heterocycles. The van der Waals surface area contributed by atoms with E-state index in [2.05, 4.69) is 72.8 Å². The molecular formula is C26H20N2. The van der Waals surface area contributed by atoms with Crippen LogP contribution in [0.5, 0.6) is 0 Å². The Balaban J connectivity index is 1.98. The lowest BCUT2D eigenvalue weighted by Gasteiger charge is -2.18. The molecule has 0 bridgehead atoms. The number of anilines is 2. The second-order valence-corrected chi connectivity index (χ2v) is 7.09. The van der Waals surface area contributed by atoms with E-state index in [0.29, 0.717) is 0 Å². The van der Waals surface area contributed by atoms with E-state index in [1.54, 1.807) is 0 Å². The van der Waals surface area contributed by atoms with Crippen molar-refractivity contribution in [2.45, 2.75) is 0 Å². The zero-order chi connectivity index (χ0) is 19.1. The number of nitrogens with two attached hydrogens (primary N) is 2. The minimum atomic E-state index is 0.772. The molecule has 134 valence electrons. The maximum Gasteiger partial charge on any atom is 0.0320 e. The molecular weight excluding hydrogens is 340 g/mol. The van der Waals surface area contributed by atoms with Crippen molar-refractivity contribution in [3.05, 3.63) is 97.1 Å². The van der Waals surface area contributed by atoms with Gasteiger partial charge < -0.3 is 11.5 Å². The largest absolute Gasteiger partial charge is 0.399 e. The fourth-order valence-electron chi connectivity index (χ4n) is 4.09. The number of hydrogen-bond acceptors (Lipinski definition) is 2. The van der Waals surface area contributed by atoms with Gasteiger partial charge in [-0.15, -0.1) is 0 Å². The molecule has 5 aromatic carbocycles. The molecule has 0 aliphatic carbocycles. The van der Waals surface area contributed by atoms with Gasteiger partial charge >= 0.3 is 0 Å². The summed E-state index contributed by atoms with van der Waals surface area (Å²) < 4.78 is 0. The second-order valence-electron chi connectivity index (χ2n) is 7.09. The highest BCUT2D eigenvalue weighted by Crippen LogP contribution is 2.43. The average molecular weight is 360 g/mol. The van der Waals surface area contributed by atoms with E-state index in [4.69, 9.17) is 11.5 Å². The summed E-state index contributed by atoms with van der Waals surface area (Å²) in [6, 6.07) is 33.4. The second kappa shape index (κ2) is 6.43. The predicted molar refractivity (Wildman–Crippen MR) is 121 cm³/mol. The van der Waals surface area contributed by atoms with Crippen LogP contribution in [0.1, 0.15) is 0 Å². The Labute approximate surface area is 164 Å². The summed E-state index contributed by atoms with van der Waals surface area (Å²) in [5.41, 5.74) is 18.3. The highest BCUT2D eigenvalue weighted by atomic mass is 14.5. The molecule has 0 atom stereocenters. The Morgan fingerprint density at radius 2 is 0.893 bits per heavy atom. The van der Waals surface area contributed by atoms with Gasteiger partial charge in [-0.25, -0.2) is 0 Å². The maximum atomic E-state index is 6.11. The minimum absolute atomic E-state index is 0.772. The summed E-state index contributed by atoms with van der Waals surface area (Å²) in [5.74, 6) is 0. The summed E-state index contributed by atoms with van der Waals surface area (Å²) in [6.07, 6.45) is 0. The van der Waals surface area contributed by atoms with Crippen molar-refractivity contribution < 1.29 is 0 Å². The number of benzene rings is 5. The van der Waals surface area contributed by atoms with E-state index in [0.717, 1.165) is 16.9 Å². The highest BCUT2D eigenvalue weighted by molar-refractivity contribution is 6.21. The summed E-state index contributed by atoms with van der Waals surface area (Å²) in [6.45, 7) is 0. The Morgan fingerprint density at radius 3 is 1.39 bits per heavy atom. The summed E-state index contributed by atoms with van der Waals surface area (Å²) in [7, 11) is 0. The molecule has 2 heteroatoms. The summed E-state index contributed by atoms with van der Waals surface area (Å²) >= 11 is 0. The van der Waals surface area contributed by atoms with Crippen LogP contribution < -0.4 is 11.5 Å². The fourth-order valence-corrected chi connectivity index (χ4v) is 4.09. The highest BCUT2D eigenvalue weighted by Gasteiger charge is 2.16. The van der Waals surface area contributed by atoms with E-state index >= 15 is 0 Å². The van der Waals surface area contributed by atoms with Crippen molar-refractivity contribution in [3.8, 4) is 22.3 Å². The molecule has 28 heavy (non-hydrogen) atoms. The van der Waals surface area contributed by atoms with E-state index < -0.39 is 0 Å². The molecule has 0 saturated carbocycles. The predicted octanol–water partition coefficient (Wildman–Crippen LogP) is 6.49. The zero-order valence-electron chi connectivity index (χ0n) is 15.4. The Kier molecular flexibility index (Phi) is 3.77. The van der Waals surface area contributed by atoms with Crippen molar-refractivity contribution in [1.82, 2.24) is 0 Å². The van der Waals surface area contributed by atoms with Gasteiger partial charge in [0.05, 0.1) is 0 Å². The molecule has 5 aromatic rings. The summed E-state index contributed by atoms with van der Waals surface area (Å²) in [5, 5.41) is 4.89. The maximum absolute atomic E-state index is 6.11. The van der Waals surface area contributed by atoms with E-state index in [1.165, 1.54) is 38.2 Å². The first-order valence-corrected chi connectivity index (χ1v) is 9.37. The van der Waals surface area contributed by atoms with Crippen molar-refractivity contribution >= 4 is 32.9 Å². The first-order chi connectivity index (χ1) is 13.7. The van der Waals surface area contributed by atoms with Crippen molar-refractivity contribution in [2.75, 3.05) is 11.5 Å². The van der Waals surface area contributed by atoms with Crippen molar-refractivity contribution in [1.29, 1.82) is 0 Å². The molecule has 0 fully saturated rings. The minimum Gasteiger partial charge on any atom is -0.399 e. The molecule has 4 N–H and O–H groups in total. The zero-order valence-corrected chi connectivity index (χ0v) is 15.4. The van der Waals surface area contributed by atoms with Crippen LogP contribution in [-0.4, -0.2) is 0 Å². The molecule has 0 radical (unpaired) electrons. The van der Waals surface area contributed by atoms with Crippen LogP contribution in [0.2, 0.25) is 0 Å². The molecule has 0 heterocycles. The van der Waals surface area contributed by atoms with Gasteiger partial charge in [0.1, 0.15) is 0 Å². The van der Waals surface area contributed by atoms with Crippen LogP contribution >= 0.6 is 0 Å². The van der Waals surface area contributed by atoms with Crippen LogP contribution in [0, 0.1) is 0 Å². The molecule has 0 unspecified atom stereocenters. The first kappa shape index (κ1) is 16.4. The van der Waals surface area contributed by atoms with E-state index in [-0.39, 0.29) is 0 Å². The van der Waals surface area contributed by atoms with Crippen LogP contribution in [0.3, 0.4) is 0 Å². The third-order valence-electron chi connectivity index (χ3n) is 5.31. The standard InChI is InChI=1S/C26H20N2/c27-19-14-12-17(13-15-19)25-21-8-1-3-10-23(21)26(18-6-5-7-20(28)16-18)24-11-4-2-9-22(24)25/h1-16H,27-28H2. The smallest absolute Gasteiger partial charge is 0.0320 e. The summed E-state index contributed by atoms with van der Waals surface area (Å²) in [4.78, 5) is 0. The third kappa shape index (κ3) is 2.58. The first-order valence-electron chi connectivity index (χ1n) is 9.37. The van der Waals surface area contributed by atoms with Crippen molar-refractivity contribution in [2.24, 2.45) is 0 Å². The normalized spacial score (nSPS) is 11.1. The van der Waals surface area contributed by atoms with Crippen LogP contribution in [0.15, 0.2) is 97.1 Å². The van der Waals surface area contributed by atoms with Gasteiger partial charge in [-0.05, 0) is 68.1 Å². The molecule has 5 rings (SSSR count). The topological polar surface area (TPSA) is 52.0 Å². The van der Waals surface area contributed by atoms with Gasteiger partial charge in [0.2, 0.25) is 0 Å². The lowest BCUT2D eigenvalue weighted by Crippen LogP contribution is -1.92. The van der Waals surface area contributed by atoms with E-state index in [1.807, 2.05) is 24.3 Å². The van der Waals surface area contributed by atoms with Gasteiger partial charge in [-0.3, -0.25) is 0 Å². The molecule has 0 saturated heterocycles. The van der Waals surface area contributed by atoms with Gasteiger partial charge in [0.25, 0.3) is 0 Å².